The van der Waals surface area contributed by atoms with Crippen LogP contribution in [-0.4, -0.2) is 25.2 Å². The highest BCUT2D eigenvalue weighted by atomic mass is 35.5. The molecular weight excluding hydrogens is 446 g/mol. The summed E-state index contributed by atoms with van der Waals surface area (Å²) in [4.78, 5) is 24.4. The minimum Gasteiger partial charge on any atom is -0.493 e. The van der Waals surface area contributed by atoms with E-state index in [4.69, 9.17) is 32.7 Å². The monoisotopic (exact) mass is 460 g/mol. The molecule has 0 fully saturated rings. The number of benzene rings is 3. The topological polar surface area (TPSA) is 77.0 Å². The molecule has 3 aromatic rings. The molecule has 1 N–H and O–H groups in total. The van der Waals surface area contributed by atoms with Crippen LogP contribution in [0.15, 0.2) is 65.8 Å². The van der Waals surface area contributed by atoms with E-state index in [1.807, 2.05) is 0 Å². The van der Waals surface area contributed by atoms with Crippen molar-refractivity contribution in [1.29, 1.82) is 0 Å². The zero-order valence-corrected chi connectivity index (χ0v) is 17.6. The zero-order valence-electron chi connectivity index (χ0n) is 16.1. The van der Waals surface area contributed by atoms with Crippen LogP contribution >= 0.6 is 23.2 Å². The van der Waals surface area contributed by atoms with Crippen LogP contribution in [0.25, 0.3) is 0 Å². The molecule has 0 heterocycles. The van der Waals surface area contributed by atoms with Gasteiger partial charge in [-0.1, -0.05) is 35.3 Å². The first-order valence-electron chi connectivity index (χ1n) is 8.82. The maximum atomic E-state index is 13.6. The number of methoxy groups -OCH3 is 1. The van der Waals surface area contributed by atoms with E-state index in [0.29, 0.717) is 10.6 Å². The normalized spacial score (nSPS) is 10.7. The third-order valence-corrected chi connectivity index (χ3v) is 4.59. The number of hydrazone groups is 1. The SMILES string of the molecule is COc1cc(C=NNC(=O)c2ccccc2F)ccc1OC(=O)c1ccc(Cl)cc1Cl. The van der Waals surface area contributed by atoms with Crippen LogP contribution in [0.4, 0.5) is 4.39 Å². The van der Waals surface area contributed by atoms with Gasteiger partial charge in [0, 0.05) is 5.02 Å². The molecule has 0 radical (unpaired) electrons. The molecule has 0 aliphatic heterocycles. The summed E-state index contributed by atoms with van der Waals surface area (Å²) in [5, 5.41) is 4.36. The molecule has 158 valence electrons. The van der Waals surface area contributed by atoms with Crippen molar-refractivity contribution in [2.75, 3.05) is 7.11 Å². The number of nitrogens with zero attached hydrogens (tertiary/aromatic N) is 1. The fraction of sp³-hybridized carbons (Fsp3) is 0.0455. The first-order chi connectivity index (χ1) is 14.9. The van der Waals surface area contributed by atoms with E-state index in [1.54, 1.807) is 18.2 Å². The van der Waals surface area contributed by atoms with E-state index in [1.165, 1.54) is 55.8 Å². The number of hydrogen-bond donors (Lipinski definition) is 1. The second kappa shape index (κ2) is 10.1. The third kappa shape index (κ3) is 5.59. The Bertz CT molecular complexity index is 1170. The molecule has 1 amide bonds. The van der Waals surface area contributed by atoms with Crippen LogP contribution < -0.4 is 14.9 Å². The molecule has 6 nitrogen and oxygen atoms in total. The highest BCUT2D eigenvalue weighted by Crippen LogP contribution is 2.29. The molecule has 0 bridgehead atoms. The van der Waals surface area contributed by atoms with Crippen molar-refractivity contribution in [3.05, 3.63) is 93.2 Å². The first-order valence-corrected chi connectivity index (χ1v) is 9.58. The van der Waals surface area contributed by atoms with Gasteiger partial charge in [-0.25, -0.2) is 14.6 Å². The van der Waals surface area contributed by atoms with Crippen molar-refractivity contribution in [3.63, 3.8) is 0 Å². The number of ether oxygens (including phenoxy) is 2. The van der Waals surface area contributed by atoms with Crippen molar-refractivity contribution in [1.82, 2.24) is 5.43 Å². The molecule has 3 aromatic carbocycles. The van der Waals surface area contributed by atoms with E-state index in [-0.39, 0.29) is 27.6 Å². The van der Waals surface area contributed by atoms with Crippen LogP contribution in [0.3, 0.4) is 0 Å². The van der Waals surface area contributed by atoms with Crippen molar-refractivity contribution in [2.45, 2.75) is 0 Å². The summed E-state index contributed by atoms with van der Waals surface area (Å²) >= 11 is 11.9. The summed E-state index contributed by atoms with van der Waals surface area (Å²) in [7, 11) is 1.41. The maximum absolute atomic E-state index is 13.6. The lowest BCUT2D eigenvalue weighted by molar-refractivity contribution is 0.0729. The van der Waals surface area contributed by atoms with Crippen molar-refractivity contribution < 1.29 is 23.5 Å². The second-order valence-corrected chi connectivity index (χ2v) is 6.95. The van der Waals surface area contributed by atoms with E-state index in [0.717, 1.165) is 0 Å². The number of carbonyl (C=O) groups excluding carboxylic acids is 2. The Hall–Kier alpha value is -3.42. The van der Waals surface area contributed by atoms with Crippen LogP contribution in [0.1, 0.15) is 26.3 Å². The fourth-order valence-corrected chi connectivity index (χ4v) is 3.02. The van der Waals surface area contributed by atoms with Crippen LogP contribution in [0, 0.1) is 5.82 Å². The summed E-state index contributed by atoms with van der Waals surface area (Å²) in [6, 6.07) is 14.6. The maximum Gasteiger partial charge on any atom is 0.345 e. The minimum atomic E-state index is -0.688. The Morgan fingerprint density at radius 2 is 1.77 bits per heavy atom. The van der Waals surface area contributed by atoms with Crippen molar-refractivity contribution >= 4 is 41.3 Å². The number of esters is 1. The predicted molar refractivity (Wildman–Crippen MR) is 116 cm³/mol. The van der Waals surface area contributed by atoms with Gasteiger partial charge in [0.05, 0.1) is 29.5 Å². The fourth-order valence-electron chi connectivity index (χ4n) is 2.53. The Kier molecular flexibility index (Phi) is 7.23. The molecule has 0 spiro atoms. The number of amides is 1. The van der Waals surface area contributed by atoms with Crippen LogP contribution in [0.5, 0.6) is 11.5 Å². The van der Waals surface area contributed by atoms with E-state index < -0.39 is 17.7 Å². The van der Waals surface area contributed by atoms with Gasteiger partial charge in [0.1, 0.15) is 5.82 Å². The number of halogens is 3. The molecule has 3 rings (SSSR count). The highest BCUT2D eigenvalue weighted by Gasteiger charge is 2.16. The number of nitrogens with one attached hydrogen (secondary N) is 1. The van der Waals surface area contributed by atoms with E-state index in [2.05, 4.69) is 10.5 Å². The highest BCUT2D eigenvalue weighted by molar-refractivity contribution is 6.36. The van der Waals surface area contributed by atoms with Gasteiger partial charge in [0.15, 0.2) is 11.5 Å². The molecule has 0 aromatic heterocycles. The molecular formula is C22H15Cl2FN2O4. The Morgan fingerprint density at radius 1 is 1.00 bits per heavy atom. The van der Waals surface area contributed by atoms with Gasteiger partial charge in [-0.15, -0.1) is 0 Å². The quantitative estimate of drug-likeness (QED) is 0.239. The lowest BCUT2D eigenvalue weighted by atomic mass is 10.2. The molecule has 31 heavy (non-hydrogen) atoms. The minimum absolute atomic E-state index is 0.125. The largest absolute Gasteiger partial charge is 0.493 e. The van der Waals surface area contributed by atoms with Crippen LogP contribution in [0.2, 0.25) is 10.0 Å². The number of hydrogen-bond acceptors (Lipinski definition) is 5. The zero-order chi connectivity index (χ0) is 22.4. The molecule has 0 unspecified atom stereocenters. The lowest BCUT2D eigenvalue weighted by Gasteiger charge is -2.10. The predicted octanol–water partition coefficient (Wildman–Crippen LogP) is 5.12. The molecule has 0 atom stereocenters. The molecule has 9 heteroatoms. The molecule has 0 saturated carbocycles. The standard InChI is InChI=1S/C22H15Cl2FN2O4/c1-30-20-10-13(12-26-27-21(28)16-4-2-3-5-18(16)25)6-9-19(20)31-22(29)15-8-7-14(23)11-17(15)24/h2-12H,1H3,(H,27,28). The molecule has 0 aliphatic carbocycles. The summed E-state index contributed by atoms with van der Waals surface area (Å²) in [6.07, 6.45) is 1.34. The van der Waals surface area contributed by atoms with Gasteiger partial charge >= 0.3 is 5.97 Å². The average molecular weight is 461 g/mol. The van der Waals surface area contributed by atoms with Gasteiger partial charge in [0.2, 0.25) is 0 Å². The summed E-state index contributed by atoms with van der Waals surface area (Å²) in [5.41, 5.74) is 2.80. The van der Waals surface area contributed by atoms with Gasteiger partial charge in [0.25, 0.3) is 5.91 Å². The van der Waals surface area contributed by atoms with E-state index in [9.17, 15) is 14.0 Å². The second-order valence-electron chi connectivity index (χ2n) is 6.10. The smallest absolute Gasteiger partial charge is 0.345 e. The van der Waals surface area contributed by atoms with Crippen molar-refractivity contribution in [3.8, 4) is 11.5 Å². The van der Waals surface area contributed by atoms with Gasteiger partial charge in [-0.05, 0) is 54.1 Å². The molecule has 0 saturated heterocycles. The average Bonchev–Trinajstić information content (AvgIpc) is 2.74. The Labute approximate surface area is 187 Å². The summed E-state index contributed by atoms with van der Waals surface area (Å²) in [5.74, 6) is -1.61. The first kappa shape index (κ1) is 22.3. The third-order valence-electron chi connectivity index (χ3n) is 4.04. The number of rotatable bonds is 6. The van der Waals surface area contributed by atoms with Gasteiger partial charge < -0.3 is 9.47 Å². The van der Waals surface area contributed by atoms with E-state index >= 15 is 0 Å². The van der Waals surface area contributed by atoms with Gasteiger partial charge in [-0.3, -0.25) is 4.79 Å². The number of carbonyl (C=O) groups is 2. The Morgan fingerprint density at radius 3 is 2.48 bits per heavy atom. The Balaban J connectivity index is 1.71. The summed E-state index contributed by atoms with van der Waals surface area (Å²) < 4.78 is 24.2. The van der Waals surface area contributed by atoms with Crippen molar-refractivity contribution in [2.24, 2.45) is 5.10 Å². The lowest BCUT2D eigenvalue weighted by Crippen LogP contribution is -2.18. The van der Waals surface area contributed by atoms with Crippen LogP contribution in [-0.2, 0) is 0 Å². The molecule has 0 aliphatic rings. The van der Waals surface area contributed by atoms with Gasteiger partial charge in [-0.2, -0.15) is 5.10 Å². The summed E-state index contributed by atoms with van der Waals surface area (Å²) in [6.45, 7) is 0.